The molecule has 218 valence electrons. The molecule has 0 bridgehead atoms. The number of amides is 1. The molecule has 0 radical (unpaired) electrons. The first-order valence-corrected chi connectivity index (χ1v) is 15.4. The number of aromatic nitrogens is 1. The van der Waals surface area contributed by atoms with Crippen LogP contribution < -0.4 is 5.32 Å². The Balaban J connectivity index is 1.35. The first-order valence-electron chi connectivity index (χ1n) is 12.4. The second kappa shape index (κ2) is 12.7. The number of fused-ring (bicyclic) bond motifs is 1. The second-order valence-corrected chi connectivity index (χ2v) is 12.6. The summed E-state index contributed by atoms with van der Waals surface area (Å²) in [4.78, 5) is 30.5. The lowest BCUT2D eigenvalue weighted by Crippen LogP contribution is -2.40. The van der Waals surface area contributed by atoms with Crippen LogP contribution in [0.25, 0.3) is 22.2 Å². The van der Waals surface area contributed by atoms with Gasteiger partial charge in [0, 0.05) is 24.0 Å². The Morgan fingerprint density at radius 3 is 2.40 bits per heavy atom. The third-order valence-electron chi connectivity index (χ3n) is 6.40. The van der Waals surface area contributed by atoms with Crippen molar-refractivity contribution in [3.63, 3.8) is 0 Å². The quantitative estimate of drug-likeness (QED) is 0.181. The van der Waals surface area contributed by atoms with E-state index in [1.807, 2.05) is 0 Å². The summed E-state index contributed by atoms with van der Waals surface area (Å²) in [7, 11) is -3.83. The number of ether oxygens (including phenoxy) is 2. The highest BCUT2D eigenvalue weighted by atomic mass is 35.5. The maximum absolute atomic E-state index is 13.2. The summed E-state index contributed by atoms with van der Waals surface area (Å²) in [5.74, 6) is -1.52. The lowest BCUT2D eigenvalue weighted by molar-refractivity contribution is -0.119. The Labute approximate surface area is 261 Å². The molecule has 1 amide bonds. The third-order valence-corrected chi connectivity index (χ3v) is 9.92. The van der Waals surface area contributed by atoms with Crippen molar-refractivity contribution in [2.45, 2.75) is 4.90 Å². The van der Waals surface area contributed by atoms with Crippen LogP contribution in [0.2, 0.25) is 20.1 Å². The molecule has 3 aromatic carbocycles. The monoisotopic (exact) mass is 667 g/mol. The highest BCUT2D eigenvalue weighted by Crippen LogP contribution is 2.38. The van der Waals surface area contributed by atoms with Gasteiger partial charge in [0.05, 0.1) is 60.7 Å². The SMILES string of the molecule is O=C(COC(=O)c1cc(-c2ccc(Cl)c(Cl)c2Cl)nc2ccccc12)Nc1cc(S(=O)(=O)N2CCOCC2)ccc1Cl. The van der Waals surface area contributed by atoms with Crippen molar-refractivity contribution >= 4 is 84.9 Å². The predicted molar refractivity (Wildman–Crippen MR) is 162 cm³/mol. The maximum Gasteiger partial charge on any atom is 0.339 e. The minimum atomic E-state index is -3.83. The minimum absolute atomic E-state index is 0.0437. The van der Waals surface area contributed by atoms with Gasteiger partial charge in [-0.05, 0) is 42.5 Å². The number of rotatable bonds is 7. The van der Waals surface area contributed by atoms with E-state index < -0.39 is 28.5 Å². The van der Waals surface area contributed by atoms with Gasteiger partial charge in [-0.3, -0.25) is 4.79 Å². The summed E-state index contributed by atoms with van der Waals surface area (Å²) < 4.78 is 37.9. The van der Waals surface area contributed by atoms with Gasteiger partial charge in [0.1, 0.15) is 0 Å². The van der Waals surface area contributed by atoms with Crippen molar-refractivity contribution in [3.05, 3.63) is 86.3 Å². The van der Waals surface area contributed by atoms with Crippen molar-refractivity contribution < 1.29 is 27.5 Å². The molecule has 5 rings (SSSR count). The Kier molecular flexibility index (Phi) is 9.24. The van der Waals surface area contributed by atoms with Gasteiger partial charge in [-0.1, -0.05) is 64.6 Å². The van der Waals surface area contributed by atoms with Crippen LogP contribution in [0.4, 0.5) is 5.69 Å². The largest absolute Gasteiger partial charge is 0.452 e. The highest BCUT2D eigenvalue weighted by Gasteiger charge is 2.27. The highest BCUT2D eigenvalue weighted by molar-refractivity contribution is 7.89. The molecule has 1 aliphatic rings. The van der Waals surface area contributed by atoms with Crippen molar-refractivity contribution in [1.29, 1.82) is 0 Å². The number of carbonyl (C=O) groups is 2. The molecule has 1 fully saturated rings. The summed E-state index contributed by atoms with van der Waals surface area (Å²) >= 11 is 24.9. The number of halogens is 4. The normalized spacial score (nSPS) is 14.1. The third kappa shape index (κ3) is 6.35. The summed E-state index contributed by atoms with van der Waals surface area (Å²) in [5.41, 5.74) is 1.47. The summed E-state index contributed by atoms with van der Waals surface area (Å²) in [6, 6.07) is 15.6. The zero-order valence-corrected chi connectivity index (χ0v) is 25.4. The number of morpholine rings is 1. The minimum Gasteiger partial charge on any atom is -0.452 e. The van der Waals surface area contributed by atoms with E-state index in [1.165, 1.54) is 28.6 Å². The van der Waals surface area contributed by atoms with Gasteiger partial charge in [-0.15, -0.1) is 0 Å². The Morgan fingerprint density at radius 1 is 0.929 bits per heavy atom. The molecule has 42 heavy (non-hydrogen) atoms. The Bertz CT molecular complexity index is 1810. The summed E-state index contributed by atoms with van der Waals surface area (Å²) in [6.07, 6.45) is 0. The van der Waals surface area contributed by atoms with E-state index in [0.717, 1.165) is 0 Å². The molecular formula is C28H21Cl4N3O6S. The average Bonchev–Trinajstić information content (AvgIpc) is 2.99. The molecule has 0 spiro atoms. The molecule has 9 nitrogen and oxygen atoms in total. The van der Waals surface area contributed by atoms with Crippen LogP contribution in [-0.4, -0.2) is 62.5 Å². The van der Waals surface area contributed by atoms with Gasteiger partial charge in [-0.25, -0.2) is 18.2 Å². The molecule has 1 aliphatic heterocycles. The van der Waals surface area contributed by atoms with E-state index in [4.69, 9.17) is 55.9 Å². The van der Waals surface area contributed by atoms with Crippen LogP contribution in [0, 0.1) is 0 Å². The molecule has 0 aliphatic carbocycles. The first-order chi connectivity index (χ1) is 20.1. The molecule has 1 saturated heterocycles. The fourth-order valence-corrected chi connectivity index (χ4v) is 6.53. The van der Waals surface area contributed by atoms with Crippen molar-refractivity contribution in [3.8, 4) is 11.3 Å². The number of pyridine rings is 1. The molecule has 1 N–H and O–H groups in total. The molecular weight excluding hydrogens is 648 g/mol. The van der Waals surface area contributed by atoms with Crippen LogP contribution in [-0.2, 0) is 24.3 Å². The number of nitrogens with zero attached hydrogens (tertiary/aromatic N) is 2. The summed E-state index contributed by atoms with van der Waals surface area (Å²) in [6.45, 7) is 0.332. The van der Waals surface area contributed by atoms with Gasteiger partial charge < -0.3 is 14.8 Å². The molecule has 14 heteroatoms. The molecule has 0 saturated carbocycles. The molecule has 1 aromatic heterocycles. The number of sulfonamides is 1. The lowest BCUT2D eigenvalue weighted by atomic mass is 10.0. The number of para-hydroxylation sites is 1. The fourth-order valence-electron chi connectivity index (χ4n) is 4.30. The fraction of sp³-hybridized carbons (Fsp3) is 0.179. The zero-order valence-electron chi connectivity index (χ0n) is 21.6. The van der Waals surface area contributed by atoms with Crippen LogP contribution in [0.1, 0.15) is 10.4 Å². The average molecular weight is 669 g/mol. The number of benzene rings is 3. The first kappa shape index (κ1) is 30.5. The van der Waals surface area contributed by atoms with Gasteiger partial charge in [0.2, 0.25) is 10.0 Å². The van der Waals surface area contributed by atoms with E-state index in [1.54, 1.807) is 36.4 Å². The topological polar surface area (TPSA) is 115 Å². The van der Waals surface area contributed by atoms with Gasteiger partial charge in [0.25, 0.3) is 5.91 Å². The van der Waals surface area contributed by atoms with Crippen LogP contribution in [0.15, 0.2) is 65.6 Å². The Morgan fingerprint density at radius 2 is 1.64 bits per heavy atom. The second-order valence-electron chi connectivity index (χ2n) is 9.08. The van der Waals surface area contributed by atoms with E-state index in [9.17, 15) is 18.0 Å². The van der Waals surface area contributed by atoms with Crippen LogP contribution in [0.3, 0.4) is 0 Å². The van der Waals surface area contributed by atoms with E-state index in [0.29, 0.717) is 22.2 Å². The molecule has 4 aromatic rings. The van der Waals surface area contributed by atoms with Crippen LogP contribution in [0.5, 0.6) is 0 Å². The number of hydrogen-bond acceptors (Lipinski definition) is 7. The van der Waals surface area contributed by atoms with E-state index in [-0.39, 0.29) is 62.5 Å². The van der Waals surface area contributed by atoms with Crippen molar-refractivity contribution in [2.24, 2.45) is 0 Å². The smallest absolute Gasteiger partial charge is 0.339 e. The van der Waals surface area contributed by atoms with Crippen molar-refractivity contribution in [2.75, 3.05) is 38.2 Å². The van der Waals surface area contributed by atoms with Gasteiger partial charge in [-0.2, -0.15) is 4.31 Å². The predicted octanol–water partition coefficient (Wildman–Crippen LogP) is 6.33. The number of anilines is 1. The van der Waals surface area contributed by atoms with E-state index >= 15 is 0 Å². The van der Waals surface area contributed by atoms with Crippen LogP contribution >= 0.6 is 46.4 Å². The standard InChI is InChI=1S/C28H21Cl4N3O6S/c29-20-7-5-16(42(38,39)35-9-11-40-12-10-35)13-24(20)34-25(36)15-41-28(37)19-14-23(33-22-4-2-1-3-17(19)22)18-6-8-21(30)27(32)26(18)31/h1-8,13-14H,9-12,15H2,(H,34,36). The summed E-state index contributed by atoms with van der Waals surface area (Å²) in [5, 5.41) is 3.69. The molecule has 2 heterocycles. The van der Waals surface area contributed by atoms with Crippen molar-refractivity contribution in [1.82, 2.24) is 9.29 Å². The zero-order chi connectivity index (χ0) is 30.0. The van der Waals surface area contributed by atoms with Gasteiger partial charge in [0.15, 0.2) is 6.61 Å². The number of nitrogens with one attached hydrogen (secondary N) is 1. The van der Waals surface area contributed by atoms with Gasteiger partial charge >= 0.3 is 5.97 Å². The lowest BCUT2D eigenvalue weighted by Gasteiger charge is -2.26. The number of hydrogen-bond donors (Lipinski definition) is 1. The Hall–Kier alpha value is -2.96. The molecule has 0 unspecified atom stereocenters. The molecule has 0 atom stereocenters. The maximum atomic E-state index is 13.2. The number of carbonyl (C=O) groups excluding carboxylic acids is 2. The number of esters is 1. The van der Waals surface area contributed by atoms with E-state index in [2.05, 4.69) is 10.3 Å².